The molecule has 1 aromatic carbocycles. The number of carbonyl (C=O) groups is 1. The van der Waals surface area contributed by atoms with Crippen LogP contribution in [0.25, 0.3) is 0 Å². The van der Waals surface area contributed by atoms with Crippen LogP contribution in [0.5, 0.6) is 5.75 Å². The molecule has 1 aromatic heterocycles. The normalized spacial score (nSPS) is 10.3. The molecule has 5 heteroatoms. The molecule has 0 aliphatic rings. The second-order valence-electron chi connectivity index (χ2n) is 3.28. The van der Waals surface area contributed by atoms with Gasteiger partial charge >= 0.3 is 0 Å². The molecule has 0 bridgehead atoms. The maximum atomic E-state index is 12.2. The Bertz CT molecular complexity index is 561. The molecule has 88 valence electrons. The molecule has 0 aliphatic heterocycles. The van der Waals surface area contributed by atoms with Crippen molar-refractivity contribution in [1.29, 1.82) is 0 Å². The highest BCUT2D eigenvalue weighted by Gasteiger charge is 2.18. The lowest BCUT2D eigenvalue weighted by atomic mass is 10.1. The molecule has 0 saturated heterocycles. The van der Waals surface area contributed by atoms with Gasteiger partial charge in [0.15, 0.2) is 10.4 Å². The monoisotopic (exact) mass is 358 g/mol. The van der Waals surface area contributed by atoms with Crippen molar-refractivity contribution < 1.29 is 13.9 Å². The Kier molecular flexibility index (Phi) is 3.69. The molecule has 0 atom stereocenters. The summed E-state index contributed by atoms with van der Waals surface area (Å²) in [7, 11) is 1.53. The Balaban J connectivity index is 2.46. The van der Waals surface area contributed by atoms with Crippen molar-refractivity contribution in [3.8, 4) is 5.75 Å². The summed E-state index contributed by atoms with van der Waals surface area (Å²) in [6, 6.07) is 8.55. The van der Waals surface area contributed by atoms with Gasteiger partial charge in [-0.05, 0) is 46.3 Å². The topological polar surface area (TPSA) is 39.4 Å². The molecule has 2 aromatic rings. The zero-order valence-corrected chi connectivity index (χ0v) is 12.0. The van der Waals surface area contributed by atoms with E-state index in [1.165, 1.54) is 7.11 Å². The number of rotatable bonds is 3. The first-order valence-electron chi connectivity index (χ1n) is 4.75. The van der Waals surface area contributed by atoms with Gasteiger partial charge in [0.1, 0.15) is 5.75 Å². The summed E-state index contributed by atoms with van der Waals surface area (Å²) >= 11 is 6.49. The average molecular weight is 360 g/mol. The molecule has 0 fully saturated rings. The van der Waals surface area contributed by atoms with Crippen molar-refractivity contribution in [2.75, 3.05) is 7.11 Å². The predicted octanol–water partition coefficient (Wildman–Crippen LogP) is 4.04. The van der Waals surface area contributed by atoms with Crippen LogP contribution in [0.3, 0.4) is 0 Å². The van der Waals surface area contributed by atoms with Gasteiger partial charge < -0.3 is 9.15 Å². The average Bonchev–Trinajstić information content (AvgIpc) is 2.75. The van der Waals surface area contributed by atoms with Gasteiger partial charge in [0.05, 0.1) is 12.7 Å². The van der Waals surface area contributed by atoms with E-state index in [9.17, 15) is 4.79 Å². The summed E-state index contributed by atoms with van der Waals surface area (Å²) in [5.41, 5.74) is 0.462. The third-order valence-corrected chi connectivity index (χ3v) is 3.12. The largest absolute Gasteiger partial charge is 0.496 e. The summed E-state index contributed by atoms with van der Waals surface area (Å²) < 4.78 is 11.7. The van der Waals surface area contributed by atoms with E-state index in [0.29, 0.717) is 16.0 Å². The molecule has 17 heavy (non-hydrogen) atoms. The fourth-order valence-corrected chi connectivity index (χ4v) is 2.09. The van der Waals surface area contributed by atoms with Gasteiger partial charge in [-0.15, -0.1) is 0 Å². The number of hydrogen-bond donors (Lipinski definition) is 0. The summed E-state index contributed by atoms with van der Waals surface area (Å²) in [5, 5.41) is 0. The molecule has 0 radical (unpaired) electrons. The van der Waals surface area contributed by atoms with Crippen molar-refractivity contribution in [2.24, 2.45) is 0 Å². The maximum absolute atomic E-state index is 12.2. The van der Waals surface area contributed by atoms with Gasteiger partial charge in [-0.3, -0.25) is 4.79 Å². The van der Waals surface area contributed by atoms with Crippen molar-refractivity contribution in [3.63, 3.8) is 0 Å². The smallest absolute Gasteiger partial charge is 0.231 e. The summed E-state index contributed by atoms with van der Waals surface area (Å²) in [4.78, 5) is 12.2. The van der Waals surface area contributed by atoms with Gasteiger partial charge in [-0.25, -0.2) is 0 Å². The summed E-state index contributed by atoms with van der Waals surface area (Å²) in [6.45, 7) is 0. The maximum Gasteiger partial charge on any atom is 0.231 e. The SMILES string of the molecule is COc1ccc(Br)cc1C(=O)c1ccc(Br)o1. The van der Waals surface area contributed by atoms with E-state index in [0.717, 1.165) is 4.47 Å². The van der Waals surface area contributed by atoms with Crippen molar-refractivity contribution in [1.82, 2.24) is 0 Å². The quantitative estimate of drug-likeness (QED) is 0.776. The van der Waals surface area contributed by atoms with Gasteiger partial charge in [0.25, 0.3) is 0 Å². The Morgan fingerprint density at radius 1 is 1.24 bits per heavy atom. The van der Waals surface area contributed by atoms with Gasteiger partial charge in [0.2, 0.25) is 5.78 Å². The fourth-order valence-electron chi connectivity index (χ4n) is 1.43. The standard InChI is InChI=1S/C12H8Br2O3/c1-16-9-3-2-7(13)6-8(9)12(15)10-4-5-11(14)17-10/h2-6H,1H3. The number of benzene rings is 1. The van der Waals surface area contributed by atoms with Crippen LogP contribution in [0.15, 0.2) is 43.9 Å². The molecular formula is C12H8Br2O3. The fraction of sp³-hybridized carbons (Fsp3) is 0.0833. The number of hydrogen-bond acceptors (Lipinski definition) is 3. The highest BCUT2D eigenvalue weighted by molar-refractivity contribution is 9.10. The Hall–Kier alpha value is -1.07. The highest BCUT2D eigenvalue weighted by atomic mass is 79.9. The van der Waals surface area contributed by atoms with E-state index in [4.69, 9.17) is 9.15 Å². The number of methoxy groups -OCH3 is 1. The van der Waals surface area contributed by atoms with E-state index < -0.39 is 0 Å². The number of furan rings is 1. The van der Waals surface area contributed by atoms with Crippen LogP contribution < -0.4 is 4.74 Å². The molecule has 2 rings (SSSR count). The van der Waals surface area contributed by atoms with Gasteiger partial charge in [-0.1, -0.05) is 15.9 Å². The Morgan fingerprint density at radius 2 is 2.00 bits per heavy atom. The zero-order chi connectivity index (χ0) is 12.4. The van der Waals surface area contributed by atoms with Crippen LogP contribution in [0.2, 0.25) is 0 Å². The van der Waals surface area contributed by atoms with Crippen LogP contribution in [0, 0.1) is 0 Å². The van der Waals surface area contributed by atoms with Gasteiger partial charge in [0, 0.05) is 4.47 Å². The molecule has 0 N–H and O–H groups in total. The lowest BCUT2D eigenvalue weighted by Crippen LogP contribution is -2.02. The van der Waals surface area contributed by atoms with E-state index in [1.807, 2.05) is 6.07 Å². The van der Waals surface area contributed by atoms with Crippen molar-refractivity contribution in [3.05, 3.63) is 50.8 Å². The lowest BCUT2D eigenvalue weighted by molar-refractivity contribution is 0.100. The first kappa shape index (κ1) is 12.4. The highest BCUT2D eigenvalue weighted by Crippen LogP contribution is 2.26. The molecule has 1 heterocycles. The second-order valence-corrected chi connectivity index (χ2v) is 4.97. The molecule has 0 saturated carbocycles. The molecule has 0 aliphatic carbocycles. The van der Waals surface area contributed by atoms with Crippen LogP contribution in [0.1, 0.15) is 16.1 Å². The molecule has 0 unspecified atom stereocenters. The number of ether oxygens (including phenoxy) is 1. The molecular weight excluding hydrogens is 352 g/mol. The molecule has 0 amide bonds. The van der Waals surface area contributed by atoms with E-state index in [-0.39, 0.29) is 11.5 Å². The van der Waals surface area contributed by atoms with Crippen molar-refractivity contribution in [2.45, 2.75) is 0 Å². The number of halogens is 2. The first-order valence-corrected chi connectivity index (χ1v) is 6.34. The minimum Gasteiger partial charge on any atom is -0.496 e. The first-order chi connectivity index (χ1) is 8.11. The number of ketones is 1. The van der Waals surface area contributed by atoms with E-state index >= 15 is 0 Å². The van der Waals surface area contributed by atoms with Crippen LogP contribution in [-0.2, 0) is 0 Å². The Labute approximate surface area is 115 Å². The minimum atomic E-state index is -0.214. The van der Waals surface area contributed by atoms with Crippen molar-refractivity contribution >= 4 is 37.6 Å². The van der Waals surface area contributed by atoms with E-state index in [2.05, 4.69) is 31.9 Å². The number of carbonyl (C=O) groups excluding carboxylic acids is 1. The predicted molar refractivity (Wildman–Crippen MR) is 70.5 cm³/mol. The zero-order valence-electron chi connectivity index (χ0n) is 8.87. The minimum absolute atomic E-state index is 0.214. The molecule has 0 spiro atoms. The van der Waals surface area contributed by atoms with Crippen LogP contribution in [-0.4, -0.2) is 12.9 Å². The van der Waals surface area contributed by atoms with Crippen LogP contribution in [0.4, 0.5) is 0 Å². The lowest BCUT2D eigenvalue weighted by Gasteiger charge is -2.06. The third-order valence-electron chi connectivity index (χ3n) is 2.20. The molecule has 3 nitrogen and oxygen atoms in total. The van der Waals surface area contributed by atoms with Gasteiger partial charge in [-0.2, -0.15) is 0 Å². The summed E-state index contributed by atoms with van der Waals surface area (Å²) in [5.74, 6) is 0.577. The second kappa shape index (κ2) is 5.06. The van der Waals surface area contributed by atoms with E-state index in [1.54, 1.807) is 24.3 Å². The van der Waals surface area contributed by atoms with Crippen LogP contribution >= 0.6 is 31.9 Å². The third kappa shape index (κ3) is 2.61. The Morgan fingerprint density at radius 3 is 2.59 bits per heavy atom. The summed E-state index contributed by atoms with van der Waals surface area (Å²) in [6.07, 6.45) is 0.